The van der Waals surface area contributed by atoms with Crippen molar-refractivity contribution in [2.24, 2.45) is 11.5 Å². The molecule has 6 aromatic rings. The molecular weight excluding hydrogens is 749 g/mol. The van der Waals surface area contributed by atoms with Crippen molar-refractivity contribution in [1.29, 1.82) is 0 Å². The second-order valence-corrected chi connectivity index (χ2v) is 13.7. The number of imidazole rings is 2. The van der Waals surface area contributed by atoms with E-state index in [4.69, 9.17) is 30.9 Å². The number of aromatic nitrogens is 8. The molecule has 2 aromatic carbocycles. The minimum atomic E-state index is -0.695. The number of primary amides is 2. The van der Waals surface area contributed by atoms with Crippen molar-refractivity contribution < 1.29 is 33.8 Å². The number of nitrogens with zero attached hydrogens (tertiary/aromatic N) is 8. The van der Waals surface area contributed by atoms with E-state index in [1.54, 1.807) is 52.0 Å². The maximum Gasteiger partial charge on any atom is 0.276 e. The number of rotatable bonds is 15. The van der Waals surface area contributed by atoms with Crippen molar-refractivity contribution in [3.63, 3.8) is 0 Å². The molecule has 0 bridgehead atoms. The summed E-state index contributed by atoms with van der Waals surface area (Å²) in [7, 11) is 0. The average Bonchev–Trinajstić information content (AvgIpc) is 3.93. The third-order valence-corrected chi connectivity index (χ3v) is 9.65. The highest BCUT2D eigenvalue weighted by Crippen LogP contribution is 2.38. The highest BCUT2D eigenvalue weighted by atomic mass is 16.5. The van der Waals surface area contributed by atoms with Crippen LogP contribution in [0.15, 0.2) is 48.6 Å². The van der Waals surface area contributed by atoms with Gasteiger partial charge in [0, 0.05) is 50.2 Å². The van der Waals surface area contributed by atoms with E-state index in [2.05, 4.69) is 20.8 Å². The SMILES string of the molecule is CCn1nc(C)cc1C(=O)Nc1nc2cc(C(N)=O)cc(OCCCO)c2n1C/C=C/[C@H]1CCOc2cc(C(N)=O)cc3nc(NC(=O)c4cc(C)nn4CC)n1c23. The standard InChI is InChI=1S/C39H44N12O7/c1-5-49-28(15-21(3)46-49)36(55)44-38-42-26-17-23(34(40)53)19-30(57-13-8-12-52)32(26)48(38)11-7-9-25-10-14-58-31-20-24(35(41)54)18-27-33(31)51(25)39(43-27)45-37(56)29-16-22(4)47-50(29)6-2/h7,9,15-20,25,52H,5-6,8,10-14H2,1-4H3,(H2,40,53)(H2,41,54)(H,42,44,55)(H,43,45,56)/b9-7+/t25-/m0/s1. The summed E-state index contributed by atoms with van der Waals surface area (Å²) in [5.74, 6) is -1.19. The number of aryl methyl sites for hydroxylation is 4. The minimum Gasteiger partial charge on any atom is -0.491 e. The minimum absolute atomic E-state index is 0.115. The van der Waals surface area contributed by atoms with E-state index in [0.717, 1.165) is 0 Å². The molecule has 4 aromatic heterocycles. The van der Waals surface area contributed by atoms with Crippen LogP contribution in [0.1, 0.15) is 85.8 Å². The van der Waals surface area contributed by atoms with Gasteiger partial charge in [0.2, 0.25) is 23.7 Å². The van der Waals surface area contributed by atoms with Gasteiger partial charge in [-0.3, -0.25) is 43.7 Å². The molecule has 0 spiro atoms. The number of hydrogen-bond acceptors (Lipinski definition) is 11. The van der Waals surface area contributed by atoms with E-state index in [0.29, 0.717) is 76.5 Å². The highest BCUT2D eigenvalue weighted by molar-refractivity contribution is 6.05. The largest absolute Gasteiger partial charge is 0.491 e. The Morgan fingerprint density at radius 3 is 2.05 bits per heavy atom. The summed E-state index contributed by atoms with van der Waals surface area (Å²) < 4.78 is 19.0. The Bertz CT molecular complexity index is 2610. The fourth-order valence-corrected chi connectivity index (χ4v) is 7.05. The van der Waals surface area contributed by atoms with E-state index >= 15 is 0 Å². The van der Waals surface area contributed by atoms with Gasteiger partial charge in [0.1, 0.15) is 33.9 Å². The second-order valence-electron chi connectivity index (χ2n) is 13.7. The number of benzene rings is 2. The molecule has 19 nitrogen and oxygen atoms in total. The van der Waals surface area contributed by atoms with Gasteiger partial charge in [0.25, 0.3) is 11.8 Å². The summed E-state index contributed by atoms with van der Waals surface area (Å²) in [6.07, 6.45) is 4.56. The molecule has 302 valence electrons. The molecule has 0 saturated heterocycles. The van der Waals surface area contributed by atoms with Crippen LogP contribution in [0.3, 0.4) is 0 Å². The van der Waals surface area contributed by atoms with Crippen molar-refractivity contribution in [1.82, 2.24) is 38.7 Å². The van der Waals surface area contributed by atoms with Crippen LogP contribution in [0.25, 0.3) is 22.1 Å². The van der Waals surface area contributed by atoms with Crippen LogP contribution in [0, 0.1) is 13.8 Å². The lowest BCUT2D eigenvalue weighted by Crippen LogP contribution is -2.21. The first-order valence-corrected chi connectivity index (χ1v) is 18.8. The number of hydrogen-bond donors (Lipinski definition) is 5. The number of allylic oxidation sites excluding steroid dienone is 2. The van der Waals surface area contributed by atoms with Crippen molar-refractivity contribution in [2.75, 3.05) is 30.5 Å². The number of carbonyl (C=O) groups is 4. The highest BCUT2D eigenvalue weighted by Gasteiger charge is 2.28. The maximum atomic E-state index is 13.7. The van der Waals surface area contributed by atoms with Gasteiger partial charge in [-0.05, 0) is 64.1 Å². The zero-order valence-electron chi connectivity index (χ0n) is 32.5. The lowest BCUT2D eigenvalue weighted by atomic mass is 10.1. The van der Waals surface area contributed by atoms with Gasteiger partial charge < -0.3 is 30.6 Å². The van der Waals surface area contributed by atoms with Gasteiger partial charge in [-0.15, -0.1) is 0 Å². The molecule has 5 heterocycles. The molecule has 1 aliphatic rings. The van der Waals surface area contributed by atoms with Crippen LogP contribution in [0.5, 0.6) is 11.5 Å². The normalized spacial score (nSPS) is 13.8. The molecule has 0 unspecified atom stereocenters. The molecule has 1 aliphatic heterocycles. The zero-order chi connectivity index (χ0) is 41.2. The number of fused-ring (bicyclic) bond motifs is 1. The molecule has 58 heavy (non-hydrogen) atoms. The van der Waals surface area contributed by atoms with E-state index in [1.165, 1.54) is 12.1 Å². The summed E-state index contributed by atoms with van der Waals surface area (Å²) in [5, 5.41) is 24.1. The molecule has 7 rings (SSSR count). The molecule has 4 amide bonds. The number of nitrogens with one attached hydrogen (secondary N) is 2. The quantitative estimate of drug-likeness (QED) is 0.0743. The Morgan fingerprint density at radius 1 is 0.862 bits per heavy atom. The topological polar surface area (TPSA) is 254 Å². The average molecular weight is 793 g/mol. The smallest absolute Gasteiger partial charge is 0.276 e. The lowest BCUT2D eigenvalue weighted by Gasteiger charge is -2.17. The Kier molecular flexibility index (Phi) is 11.0. The Morgan fingerprint density at radius 2 is 1.45 bits per heavy atom. The molecule has 1 atom stereocenters. The predicted molar refractivity (Wildman–Crippen MR) is 213 cm³/mol. The Balaban J connectivity index is 1.31. The van der Waals surface area contributed by atoms with Gasteiger partial charge in [-0.1, -0.05) is 12.2 Å². The molecule has 19 heteroatoms. The fraction of sp³-hybridized carbons (Fsp3) is 0.333. The van der Waals surface area contributed by atoms with Gasteiger partial charge >= 0.3 is 0 Å². The first-order valence-electron chi connectivity index (χ1n) is 18.8. The number of amides is 4. The number of carbonyl (C=O) groups excluding carboxylic acids is 4. The number of anilines is 2. The molecule has 7 N–H and O–H groups in total. The van der Waals surface area contributed by atoms with Crippen LogP contribution in [0.4, 0.5) is 11.9 Å². The summed E-state index contributed by atoms with van der Waals surface area (Å²) in [6, 6.07) is 9.09. The van der Waals surface area contributed by atoms with Gasteiger partial charge in [0.05, 0.1) is 41.7 Å². The van der Waals surface area contributed by atoms with E-state index < -0.39 is 29.7 Å². The van der Waals surface area contributed by atoms with Crippen LogP contribution >= 0.6 is 0 Å². The van der Waals surface area contributed by atoms with Gasteiger partial charge in [0.15, 0.2) is 0 Å². The Hall–Kier alpha value is -7.02. The number of ether oxygens (including phenoxy) is 2. The fourth-order valence-electron chi connectivity index (χ4n) is 7.05. The number of nitrogens with two attached hydrogens (primary N) is 2. The summed E-state index contributed by atoms with van der Waals surface area (Å²) in [4.78, 5) is 61.6. The lowest BCUT2D eigenvalue weighted by molar-refractivity contribution is 0.0991. The molecule has 0 saturated carbocycles. The first kappa shape index (κ1) is 39.2. The summed E-state index contributed by atoms with van der Waals surface area (Å²) in [5.41, 5.74) is 15.5. The van der Waals surface area contributed by atoms with Crippen molar-refractivity contribution in [3.8, 4) is 11.5 Å². The van der Waals surface area contributed by atoms with E-state index in [-0.39, 0.29) is 55.1 Å². The maximum absolute atomic E-state index is 13.7. The third kappa shape index (κ3) is 7.58. The van der Waals surface area contributed by atoms with Crippen LogP contribution in [-0.2, 0) is 19.6 Å². The van der Waals surface area contributed by atoms with Gasteiger partial charge in [-0.2, -0.15) is 10.2 Å². The van der Waals surface area contributed by atoms with Crippen molar-refractivity contribution >= 4 is 57.6 Å². The molecule has 0 aliphatic carbocycles. The van der Waals surface area contributed by atoms with Gasteiger partial charge in [-0.25, -0.2) is 9.97 Å². The van der Waals surface area contributed by atoms with Crippen molar-refractivity contribution in [3.05, 3.63) is 82.5 Å². The number of aliphatic hydroxyl groups is 1. The van der Waals surface area contributed by atoms with Crippen LogP contribution in [0.2, 0.25) is 0 Å². The molecule has 0 fully saturated rings. The molecule has 0 radical (unpaired) electrons. The summed E-state index contributed by atoms with van der Waals surface area (Å²) >= 11 is 0. The zero-order valence-corrected chi connectivity index (χ0v) is 32.5. The molecular formula is C39H44N12O7. The second kappa shape index (κ2) is 16.2. The monoisotopic (exact) mass is 792 g/mol. The number of aliphatic hydroxyl groups excluding tert-OH is 1. The van der Waals surface area contributed by atoms with E-state index in [9.17, 15) is 24.3 Å². The van der Waals surface area contributed by atoms with Crippen LogP contribution < -0.4 is 31.6 Å². The first-order chi connectivity index (χ1) is 27.9. The Labute approximate surface area is 331 Å². The van der Waals surface area contributed by atoms with Crippen LogP contribution in [-0.4, -0.2) is 87.2 Å². The predicted octanol–water partition coefficient (Wildman–Crippen LogP) is 3.48. The van der Waals surface area contributed by atoms with Crippen molar-refractivity contribution in [2.45, 2.75) is 66.2 Å². The van der Waals surface area contributed by atoms with E-state index in [1.807, 2.05) is 30.6 Å². The third-order valence-electron chi connectivity index (χ3n) is 9.65. The summed E-state index contributed by atoms with van der Waals surface area (Å²) in [6.45, 7) is 8.72.